The smallest absolute Gasteiger partial charge is 0.326 e. The summed E-state index contributed by atoms with van der Waals surface area (Å²) in [5, 5.41) is 11.2. The molecule has 1 fully saturated rings. The number of amides is 2. The molecule has 0 spiro atoms. The largest absolute Gasteiger partial charge is 0.480 e. The van der Waals surface area contributed by atoms with Crippen molar-refractivity contribution in [1.82, 2.24) is 5.32 Å². The van der Waals surface area contributed by atoms with E-state index in [1.165, 1.54) is 0 Å². The molecule has 0 aromatic carbocycles. The number of carboxylic acids is 1. The predicted molar refractivity (Wildman–Crippen MR) is 63.3 cm³/mol. The van der Waals surface area contributed by atoms with Crippen molar-refractivity contribution in [3.63, 3.8) is 0 Å². The molecule has 0 bridgehead atoms. The van der Waals surface area contributed by atoms with E-state index in [1.807, 2.05) is 0 Å². The van der Waals surface area contributed by atoms with Gasteiger partial charge >= 0.3 is 5.97 Å². The summed E-state index contributed by atoms with van der Waals surface area (Å²) in [6.07, 6.45) is 2.58. The molecule has 2 amide bonds. The van der Waals surface area contributed by atoms with Crippen LogP contribution in [0.3, 0.4) is 0 Å². The first-order valence-electron chi connectivity index (χ1n) is 5.97. The van der Waals surface area contributed by atoms with Crippen molar-refractivity contribution in [1.29, 1.82) is 0 Å². The molecule has 102 valence electrons. The number of hydrogen-bond acceptors (Lipinski definition) is 4. The lowest BCUT2D eigenvalue weighted by Gasteiger charge is -2.26. The highest BCUT2D eigenvalue weighted by Crippen LogP contribution is 2.23. The number of hydrogen-bond donors (Lipinski definition) is 4. The van der Waals surface area contributed by atoms with Gasteiger partial charge in [-0.05, 0) is 19.3 Å². The third kappa shape index (κ3) is 4.33. The van der Waals surface area contributed by atoms with Gasteiger partial charge in [0.05, 0.1) is 6.42 Å². The average Bonchev–Trinajstić information content (AvgIpc) is 2.27. The molecule has 0 aliphatic heterocycles. The van der Waals surface area contributed by atoms with Crippen molar-refractivity contribution in [2.24, 2.45) is 17.4 Å². The summed E-state index contributed by atoms with van der Waals surface area (Å²) in [7, 11) is 0. The molecular weight excluding hydrogens is 238 g/mol. The van der Waals surface area contributed by atoms with Crippen LogP contribution in [0.2, 0.25) is 0 Å². The van der Waals surface area contributed by atoms with Gasteiger partial charge in [-0.2, -0.15) is 0 Å². The van der Waals surface area contributed by atoms with E-state index in [4.69, 9.17) is 16.6 Å². The summed E-state index contributed by atoms with van der Waals surface area (Å²) in [5.74, 6) is -2.66. The van der Waals surface area contributed by atoms with Gasteiger partial charge in [-0.1, -0.05) is 6.42 Å². The van der Waals surface area contributed by atoms with Crippen LogP contribution in [0.1, 0.15) is 32.1 Å². The van der Waals surface area contributed by atoms with E-state index in [0.717, 1.165) is 12.8 Å². The number of aliphatic carboxylic acids is 1. The van der Waals surface area contributed by atoms with Crippen molar-refractivity contribution in [3.05, 3.63) is 0 Å². The Morgan fingerprint density at radius 2 is 2.00 bits per heavy atom. The van der Waals surface area contributed by atoms with Gasteiger partial charge in [0.2, 0.25) is 11.8 Å². The Kier molecular flexibility index (Phi) is 5.08. The van der Waals surface area contributed by atoms with Gasteiger partial charge in [0.15, 0.2) is 0 Å². The Bertz CT molecular complexity index is 345. The normalized spacial score (nSPS) is 25.2. The second-order valence-corrected chi connectivity index (χ2v) is 4.69. The minimum absolute atomic E-state index is 0.0195. The van der Waals surface area contributed by atoms with E-state index >= 15 is 0 Å². The van der Waals surface area contributed by atoms with Crippen LogP contribution in [0.15, 0.2) is 0 Å². The molecule has 6 N–H and O–H groups in total. The maximum atomic E-state index is 11.9. The van der Waals surface area contributed by atoms with Crippen LogP contribution in [0, 0.1) is 5.92 Å². The molecule has 0 heterocycles. The Morgan fingerprint density at radius 1 is 1.33 bits per heavy atom. The lowest BCUT2D eigenvalue weighted by molar-refractivity contribution is -0.144. The standard InChI is InChI=1S/C11H19N3O4/c12-7-3-1-2-6(4-7)10(16)14-8(11(17)18)5-9(13)15/h6-8H,1-5,12H2,(H2,13,15)(H,14,16)(H,17,18)/t6?,7?,8-/m0/s1. The van der Waals surface area contributed by atoms with E-state index in [0.29, 0.717) is 12.8 Å². The third-order valence-electron chi connectivity index (χ3n) is 3.11. The molecule has 3 atom stereocenters. The Morgan fingerprint density at radius 3 is 2.50 bits per heavy atom. The first kappa shape index (κ1) is 14.4. The summed E-state index contributed by atoms with van der Waals surface area (Å²) < 4.78 is 0. The molecule has 0 aromatic heterocycles. The monoisotopic (exact) mass is 257 g/mol. The van der Waals surface area contributed by atoms with Gasteiger partial charge in [-0.15, -0.1) is 0 Å². The molecule has 7 nitrogen and oxygen atoms in total. The fraction of sp³-hybridized carbons (Fsp3) is 0.727. The van der Waals surface area contributed by atoms with Crippen LogP contribution in [0.4, 0.5) is 0 Å². The van der Waals surface area contributed by atoms with Crippen molar-refractivity contribution in [2.45, 2.75) is 44.2 Å². The van der Waals surface area contributed by atoms with Gasteiger partial charge in [0.25, 0.3) is 0 Å². The van der Waals surface area contributed by atoms with Crippen molar-refractivity contribution in [3.8, 4) is 0 Å². The Balaban J connectivity index is 2.54. The topological polar surface area (TPSA) is 136 Å². The molecule has 18 heavy (non-hydrogen) atoms. The molecule has 0 radical (unpaired) electrons. The molecular formula is C11H19N3O4. The summed E-state index contributed by atoms with van der Waals surface area (Å²) >= 11 is 0. The fourth-order valence-electron chi connectivity index (χ4n) is 2.16. The zero-order valence-corrected chi connectivity index (χ0v) is 10.1. The maximum absolute atomic E-state index is 11.9. The molecule has 1 aliphatic carbocycles. The molecule has 0 saturated heterocycles. The molecule has 7 heteroatoms. The molecule has 0 aromatic rings. The van der Waals surface area contributed by atoms with E-state index in [9.17, 15) is 14.4 Å². The highest BCUT2D eigenvalue weighted by atomic mass is 16.4. The first-order chi connectivity index (χ1) is 8.40. The third-order valence-corrected chi connectivity index (χ3v) is 3.11. The van der Waals surface area contributed by atoms with Crippen LogP contribution in [-0.4, -0.2) is 35.0 Å². The highest BCUT2D eigenvalue weighted by molar-refractivity contribution is 5.88. The Labute approximate surface area is 105 Å². The number of carboxylic acid groups (broad SMARTS) is 1. The van der Waals surface area contributed by atoms with Gasteiger partial charge < -0.3 is 21.9 Å². The minimum Gasteiger partial charge on any atom is -0.480 e. The lowest BCUT2D eigenvalue weighted by Crippen LogP contribution is -2.47. The van der Waals surface area contributed by atoms with E-state index in [2.05, 4.69) is 5.32 Å². The zero-order valence-electron chi connectivity index (χ0n) is 10.1. The zero-order chi connectivity index (χ0) is 13.7. The van der Waals surface area contributed by atoms with Crippen molar-refractivity contribution < 1.29 is 19.5 Å². The number of nitrogens with one attached hydrogen (secondary N) is 1. The number of carbonyl (C=O) groups is 3. The Hall–Kier alpha value is -1.63. The van der Waals surface area contributed by atoms with Gasteiger partial charge in [-0.3, -0.25) is 9.59 Å². The van der Waals surface area contributed by atoms with Crippen LogP contribution in [0.5, 0.6) is 0 Å². The predicted octanol–water partition coefficient (Wildman–Crippen LogP) is -1.05. The first-order valence-corrected chi connectivity index (χ1v) is 5.97. The van der Waals surface area contributed by atoms with Crippen LogP contribution >= 0.6 is 0 Å². The van der Waals surface area contributed by atoms with E-state index in [-0.39, 0.29) is 17.9 Å². The van der Waals surface area contributed by atoms with E-state index < -0.39 is 24.3 Å². The summed E-state index contributed by atoms with van der Waals surface area (Å²) in [6.45, 7) is 0. The SMILES string of the molecule is NC(=O)C[C@H](NC(=O)C1CCCC(N)C1)C(=O)O. The van der Waals surface area contributed by atoms with Gasteiger partial charge in [0.1, 0.15) is 6.04 Å². The van der Waals surface area contributed by atoms with Gasteiger partial charge in [-0.25, -0.2) is 4.79 Å². The summed E-state index contributed by atoms with van der Waals surface area (Å²) in [4.78, 5) is 33.4. The second kappa shape index (κ2) is 6.34. The minimum atomic E-state index is -1.26. The van der Waals surface area contributed by atoms with Crippen LogP contribution in [0.25, 0.3) is 0 Å². The highest BCUT2D eigenvalue weighted by Gasteiger charge is 2.29. The number of nitrogens with two attached hydrogens (primary N) is 2. The molecule has 1 aliphatic rings. The van der Waals surface area contributed by atoms with Gasteiger partial charge in [0, 0.05) is 12.0 Å². The van der Waals surface area contributed by atoms with E-state index in [1.54, 1.807) is 0 Å². The number of carbonyl (C=O) groups excluding carboxylic acids is 2. The fourth-order valence-corrected chi connectivity index (χ4v) is 2.16. The average molecular weight is 257 g/mol. The number of primary amides is 1. The maximum Gasteiger partial charge on any atom is 0.326 e. The number of rotatable bonds is 5. The quantitative estimate of drug-likeness (QED) is 0.498. The lowest BCUT2D eigenvalue weighted by atomic mass is 9.85. The van der Waals surface area contributed by atoms with Crippen molar-refractivity contribution >= 4 is 17.8 Å². The summed E-state index contributed by atoms with van der Waals surface area (Å²) in [5.41, 5.74) is 10.7. The molecule has 2 unspecified atom stereocenters. The summed E-state index contributed by atoms with van der Waals surface area (Å²) in [6, 6.07) is -1.28. The second-order valence-electron chi connectivity index (χ2n) is 4.69. The molecule has 1 rings (SSSR count). The van der Waals surface area contributed by atoms with Crippen molar-refractivity contribution in [2.75, 3.05) is 0 Å². The van der Waals surface area contributed by atoms with Crippen LogP contribution < -0.4 is 16.8 Å². The molecule has 1 saturated carbocycles. The van der Waals surface area contributed by atoms with Crippen LogP contribution in [-0.2, 0) is 14.4 Å².